The number of carbonyl (C=O) groups is 1. The van der Waals surface area contributed by atoms with Crippen LogP contribution in [-0.2, 0) is 0 Å². The molecule has 0 saturated carbocycles. The van der Waals surface area contributed by atoms with Crippen LogP contribution in [0.15, 0.2) is 23.4 Å². The molecule has 0 spiro atoms. The topological polar surface area (TPSA) is 77.1 Å². The number of thioether (sulfide) groups is 1. The minimum Gasteiger partial charge on any atom is -0.493 e. The number of H-pyrrole nitrogens is 1. The third-order valence-electron chi connectivity index (χ3n) is 2.90. The summed E-state index contributed by atoms with van der Waals surface area (Å²) in [5.74, 6) is 1.85. The van der Waals surface area contributed by atoms with Crippen LogP contribution in [0.2, 0.25) is 0 Å². The lowest BCUT2D eigenvalue weighted by Crippen LogP contribution is -2.14. The molecule has 0 amide bonds. The first-order chi connectivity index (χ1) is 10.0. The van der Waals surface area contributed by atoms with Gasteiger partial charge in [0.15, 0.2) is 17.3 Å². The van der Waals surface area contributed by atoms with Crippen LogP contribution < -0.4 is 9.47 Å². The molecule has 2 aromatic rings. The van der Waals surface area contributed by atoms with E-state index in [4.69, 9.17) is 9.47 Å². The third-order valence-corrected chi connectivity index (χ3v) is 3.86. The Bertz CT molecular complexity index is 642. The summed E-state index contributed by atoms with van der Waals surface area (Å²) >= 11 is 1.32. The molecule has 1 heterocycles. The molecule has 1 N–H and O–H groups in total. The van der Waals surface area contributed by atoms with Gasteiger partial charge in [0.2, 0.25) is 5.16 Å². The summed E-state index contributed by atoms with van der Waals surface area (Å²) in [6.07, 6.45) is 0. The van der Waals surface area contributed by atoms with Crippen molar-refractivity contribution in [3.05, 3.63) is 29.6 Å². The number of benzene rings is 1. The van der Waals surface area contributed by atoms with E-state index in [-0.39, 0.29) is 11.0 Å². The van der Waals surface area contributed by atoms with Gasteiger partial charge < -0.3 is 9.47 Å². The van der Waals surface area contributed by atoms with Crippen LogP contribution in [0.5, 0.6) is 11.5 Å². The number of Topliss-reactive ketones (excluding diaryl/α,β-unsaturated/α-hetero) is 1. The SMILES string of the molecule is COc1ccc(C(=O)[C@H](C)Sc2n[nH]c(C)n2)cc1OC. The highest BCUT2D eigenvalue weighted by Crippen LogP contribution is 2.30. The first-order valence-corrected chi connectivity index (χ1v) is 7.25. The number of ketones is 1. The highest BCUT2D eigenvalue weighted by atomic mass is 32.2. The van der Waals surface area contributed by atoms with Crippen LogP contribution in [0.4, 0.5) is 0 Å². The van der Waals surface area contributed by atoms with Gasteiger partial charge in [-0.1, -0.05) is 11.8 Å². The molecule has 1 atom stereocenters. The molecule has 1 aromatic carbocycles. The van der Waals surface area contributed by atoms with Crippen molar-refractivity contribution in [2.75, 3.05) is 14.2 Å². The standard InChI is InChI=1S/C14H17N3O3S/c1-8(21-14-15-9(2)16-17-14)13(18)10-5-6-11(19-3)12(7-10)20-4/h5-8H,1-4H3,(H,15,16,17)/t8-/m0/s1. The fourth-order valence-electron chi connectivity index (χ4n) is 1.81. The maximum atomic E-state index is 12.4. The Hall–Kier alpha value is -2.02. The lowest BCUT2D eigenvalue weighted by molar-refractivity contribution is 0.0993. The molecule has 0 aliphatic rings. The van der Waals surface area contributed by atoms with E-state index in [0.29, 0.717) is 22.2 Å². The van der Waals surface area contributed by atoms with E-state index in [1.54, 1.807) is 32.4 Å². The Labute approximate surface area is 127 Å². The fourth-order valence-corrected chi connectivity index (χ4v) is 2.66. The minimum atomic E-state index is -0.293. The Morgan fingerprint density at radius 1 is 1.29 bits per heavy atom. The number of hydrogen-bond acceptors (Lipinski definition) is 6. The van der Waals surface area contributed by atoms with Crippen molar-refractivity contribution in [3.63, 3.8) is 0 Å². The first kappa shape index (κ1) is 15.4. The second-order valence-corrected chi connectivity index (χ2v) is 5.71. The summed E-state index contributed by atoms with van der Waals surface area (Å²) in [5, 5.41) is 7.05. The van der Waals surface area contributed by atoms with E-state index < -0.39 is 0 Å². The molecule has 0 aliphatic heterocycles. The van der Waals surface area contributed by atoms with Gasteiger partial charge in [-0.2, -0.15) is 0 Å². The second-order valence-electron chi connectivity index (χ2n) is 4.40. The molecular weight excluding hydrogens is 290 g/mol. The Balaban J connectivity index is 2.15. The van der Waals surface area contributed by atoms with Crippen molar-refractivity contribution in [2.24, 2.45) is 0 Å². The van der Waals surface area contributed by atoms with E-state index in [1.807, 2.05) is 13.8 Å². The minimum absolute atomic E-state index is 0.0107. The molecule has 0 fully saturated rings. The number of nitrogens with zero attached hydrogens (tertiary/aromatic N) is 2. The molecule has 2 rings (SSSR count). The molecule has 21 heavy (non-hydrogen) atoms. The van der Waals surface area contributed by atoms with E-state index in [1.165, 1.54) is 11.8 Å². The predicted molar refractivity (Wildman–Crippen MR) is 80.3 cm³/mol. The molecule has 7 heteroatoms. The number of ether oxygens (including phenoxy) is 2. The van der Waals surface area contributed by atoms with Gasteiger partial charge in [-0.25, -0.2) is 4.98 Å². The number of aromatic nitrogens is 3. The van der Waals surface area contributed by atoms with Gasteiger partial charge in [0.25, 0.3) is 0 Å². The zero-order valence-electron chi connectivity index (χ0n) is 12.3. The average Bonchev–Trinajstić information content (AvgIpc) is 2.90. The molecule has 0 unspecified atom stereocenters. The third kappa shape index (κ3) is 3.55. The van der Waals surface area contributed by atoms with Crippen molar-refractivity contribution < 1.29 is 14.3 Å². The van der Waals surface area contributed by atoms with E-state index >= 15 is 0 Å². The zero-order chi connectivity index (χ0) is 15.4. The van der Waals surface area contributed by atoms with Gasteiger partial charge in [-0.05, 0) is 32.0 Å². The maximum absolute atomic E-state index is 12.4. The van der Waals surface area contributed by atoms with Crippen molar-refractivity contribution in [1.82, 2.24) is 15.2 Å². The van der Waals surface area contributed by atoms with Crippen molar-refractivity contribution in [3.8, 4) is 11.5 Å². The van der Waals surface area contributed by atoms with Gasteiger partial charge in [0.1, 0.15) is 5.82 Å². The van der Waals surface area contributed by atoms with Crippen LogP contribution in [-0.4, -0.2) is 40.4 Å². The summed E-state index contributed by atoms with van der Waals surface area (Å²) in [4.78, 5) is 16.6. The largest absolute Gasteiger partial charge is 0.493 e. The lowest BCUT2D eigenvalue weighted by Gasteiger charge is -2.11. The van der Waals surface area contributed by atoms with E-state index in [2.05, 4.69) is 15.2 Å². The van der Waals surface area contributed by atoms with Crippen molar-refractivity contribution in [1.29, 1.82) is 0 Å². The average molecular weight is 307 g/mol. The first-order valence-electron chi connectivity index (χ1n) is 6.37. The van der Waals surface area contributed by atoms with Crippen LogP contribution in [0.3, 0.4) is 0 Å². The molecule has 6 nitrogen and oxygen atoms in total. The van der Waals surface area contributed by atoms with Crippen LogP contribution >= 0.6 is 11.8 Å². The van der Waals surface area contributed by atoms with Gasteiger partial charge in [0, 0.05) is 5.56 Å². The van der Waals surface area contributed by atoms with Crippen molar-refractivity contribution >= 4 is 17.5 Å². The van der Waals surface area contributed by atoms with Gasteiger partial charge in [0.05, 0.1) is 19.5 Å². The molecule has 0 bridgehead atoms. The smallest absolute Gasteiger partial charge is 0.209 e. The number of rotatable bonds is 6. The zero-order valence-corrected chi connectivity index (χ0v) is 13.2. The predicted octanol–water partition coefficient (Wildman–Crippen LogP) is 2.49. The summed E-state index contributed by atoms with van der Waals surface area (Å²) in [7, 11) is 3.10. The Morgan fingerprint density at radius 2 is 2.00 bits per heavy atom. The number of aromatic amines is 1. The quantitative estimate of drug-likeness (QED) is 0.652. The summed E-state index contributed by atoms with van der Waals surface area (Å²) in [6.45, 7) is 3.65. The fraction of sp³-hybridized carbons (Fsp3) is 0.357. The molecular formula is C14H17N3O3S. The summed E-state index contributed by atoms with van der Waals surface area (Å²) in [6, 6.07) is 5.13. The number of aryl methyl sites for hydroxylation is 1. The number of carbonyl (C=O) groups excluding carboxylic acids is 1. The maximum Gasteiger partial charge on any atom is 0.209 e. The Morgan fingerprint density at radius 3 is 2.57 bits per heavy atom. The molecule has 1 aromatic heterocycles. The highest BCUT2D eigenvalue weighted by molar-refractivity contribution is 8.00. The second kappa shape index (κ2) is 6.62. The van der Waals surface area contributed by atoms with Gasteiger partial charge in [-0.15, -0.1) is 5.10 Å². The van der Waals surface area contributed by atoms with Crippen LogP contribution in [0.1, 0.15) is 23.1 Å². The molecule has 0 aliphatic carbocycles. The van der Waals surface area contributed by atoms with E-state index in [0.717, 1.165) is 5.82 Å². The summed E-state index contributed by atoms with van der Waals surface area (Å²) < 4.78 is 10.4. The van der Waals surface area contributed by atoms with E-state index in [9.17, 15) is 4.79 Å². The normalized spacial score (nSPS) is 12.0. The lowest BCUT2D eigenvalue weighted by atomic mass is 10.1. The molecule has 0 radical (unpaired) electrons. The molecule has 0 saturated heterocycles. The highest BCUT2D eigenvalue weighted by Gasteiger charge is 2.20. The van der Waals surface area contributed by atoms with Crippen molar-refractivity contribution in [2.45, 2.75) is 24.3 Å². The van der Waals surface area contributed by atoms with Crippen LogP contribution in [0.25, 0.3) is 0 Å². The van der Waals surface area contributed by atoms with Crippen LogP contribution in [0, 0.1) is 6.92 Å². The monoisotopic (exact) mass is 307 g/mol. The Kier molecular flexibility index (Phi) is 4.85. The summed E-state index contributed by atoms with van der Waals surface area (Å²) in [5.41, 5.74) is 0.569. The molecule has 112 valence electrons. The number of methoxy groups -OCH3 is 2. The number of nitrogens with one attached hydrogen (secondary N) is 1. The van der Waals surface area contributed by atoms with Gasteiger partial charge >= 0.3 is 0 Å². The van der Waals surface area contributed by atoms with Gasteiger partial charge in [-0.3, -0.25) is 9.89 Å². The number of hydrogen-bond donors (Lipinski definition) is 1.